The molecule has 1 heterocycles. The topological polar surface area (TPSA) is 41.1 Å². The van der Waals surface area contributed by atoms with Crippen LogP contribution < -0.4 is 10.6 Å². The zero-order valence-electron chi connectivity index (χ0n) is 10.4. The van der Waals surface area contributed by atoms with Crippen molar-refractivity contribution >= 4 is 18.3 Å². The minimum absolute atomic E-state index is 0. The van der Waals surface area contributed by atoms with Gasteiger partial charge in [0.05, 0.1) is 0 Å². The molecule has 0 aliphatic carbocycles. The van der Waals surface area contributed by atoms with Crippen molar-refractivity contribution < 1.29 is 4.79 Å². The van der Waals surface area contributed by atoms with Crippen LogP contribution in [0.15, 0.2) is 0 Å². The molecule has 1 aliphatic heterocycles. The summed E-state index contributed by atoms with van der Waals surface area (Å²) < 4.78 is 0. The molecule has 0 bridgehead atoms. The third-order valence-electron chi connectivity index (χ3n) is 3.43. The predicted octanol–water partition coefficient (Wildman–Crippen LogP) is 1.96. The molecule has 0 spiro atoms. The Balaban J connectivity index is 0.00000225. The fourth-order valence-corrected chi connectivity index (χ4v) is 2.05. The summed E-state index contributed by atoms with van der Waals surface area (Å²) in [4.78, 5) is 11.8. The van der Waals surface area contributed by atoms with Crippen molar-refractivity contribution in [1.29, 1.82) is 0 Å². The highest BCUT2D eigenvalue weighted by Crippen LogP contribution is 2.12. The van der Waals surface area contributed by atoms with Gasteiger partial charge in [-0.3, -0.25) is 4.79 Å². The molecule has 2 N–H and O–H groups in total. The molecular formula is C12H25ClN2O. The van der Waals surface area contributed by atoms with E-state index in [0.29, 0.717) is 5.92 Å². The molecule has 0 atom stereocenters. The van der Waals surface area contributed by atoms with Crippen molar-refractivity contribution in [2.75, 3.05) is 19.6 Å². The second-order valence-electron chi connectivity index (χ2n) is 4.45. The smallest absolute Gasteiger partial charge is 0.223 e. The molecule has 0 aromatic heterocycles. The standard InChI is InChI=1S/C12H24N2O.ClH/c1-3-10(4-2)9-14-12(15)11-5-7-13-8-6-11;/h10-11,13H,3-9H2,1-2H3,(H,14,15);1H. The van der Waals surface area contributed by atoms with Crippen LogP contribution in [0.4, 0.5) is 0 Å². The first-order valence-corrected chi connectivity index (χ1v) is 6.26. The van der Waals surface area contributed by atoms with Gasteiger partial charge in [-0.2, -0.15) is 0 Å². The fourth-order valence-electron chi connectivity index (χ4n) is 2.05. The Bertz CT molecular complexity index is 189. The predicted molar refractivity (Wildman–Crippen MR) is 69.9 cm³/mol. The van der Waals surface area contributed by atoms with E-state index in [-0.39, 0.29) is 24.2 Å². The third kappa shape index (κ3) is 5.17. The minimum atomic E-state index is 0. The molecule has 1 fully saturated rings. The molecule has 0 aromatic rings. The van der Waals surface area contributed by atoms with E-state index >= 15 is 0 Å². The molecule has 16 heavy (non-hydrogen) atoms. The normalized spacial score (nSPS) is 16.9. The van der Waals surface area contributed by atoms with E-state index in [4.69, 9.17) is 0 Å². The Morgan fingerprint density at radius 2 is 1.88 bits per heavy atom. The highest BCUT2D eigenvalue weighted by Gasteiger charge is 2.20. The Morgan fingerprint density at radius 1 is 1.31 bits per heavy atom. The van der Waals surface area contributed by atoms with Gasteiger partial charge in [-0.05, 0) is 31.8 Å². The lowest BCUT2D eigenvalue weighted by atomic mass is 9.96. The molecule has 0 aromatic carbocycles. The van der Waals surface area contributed by atoms with Crippen LogP contribution in [0.5, 0.6) is 0 Å². The molecule has 1 aliphatic rings. The average molecular weight is 249 g/mol. The van der Waals surface area contributed by atoms with Crippen LogP contribution in [0, 0.1) is 11.8 Å². The number of piperidine rings is 1. The van der Waals surface area contributed by atoms with Gasteiger partial charge < -0.3 is 10.6 Å². The highest BCUT2D eigenvalue weighted by molar-refractivity contribution is 5.85. The number of nitrogens with one attached hydrogen (secondary N) is 2. The molecule has 1 amide bonds. The van der Waals surface area contributed by atoms with Crippen LogP contribution in [0.3, 0.4) is 0 Å². The molecule has 4 heteroatoms. The number of hydrogen-bond donors (Lipinski definition) is 2. The van der Waals surface area contributed by atoms with Crippen LogP contribution in [0.1, 0.15) is 39.5 Å². The van der Waals surface area contributed by atoms with E-state index in [1.807, 2.05) is 0 Å². The summed E-state index contributed by atoms with van der Waals surface area (Å²) in [6, 6.07) is 0. The highest BCUT2D eigenvalue weighted by atomic mass is 35.5. The van der Waals surface area contributed by atoms with Gasteiger partial charge in [0.2, 0.25) is 5.91 Å². The minimum Gasteiger partial charge on any atom is -0.356 e. The maximum absolute atomic E-state index is 11.8. The lowest BCUT2D eigenvalue weighted by Crippen LogP contribution is -2.39. The van der Waals surface area contributed by atoms with E-state index < -0.39 is 0 Å². The van der Waals surface area contributed by atoms with Gasteiger partial charge in [-0.25, -0.2) is 0 Å². The number of carbonyl (C=O) groups excluding carboxylic acids is 1. The summed E-state index contributed by atoms with van der Waals surface area (Å²) in [7, 11) is 0. The van der Waals surface area contributed by atoms with E-state index in [2.05, 4.69) is 24.5 Å². The monoisotopic (exact) mass is 248 g/mol. The number of halogens is 1. The van der Waals surface area contributed by atoms with Crippen LogP contribution in [0.2, 0.25) is 0 Å². The maximum atomic E-state index is 11.8. The van der Waals surface area contributed by atoms with Gasteiger partial charge in [-0.1, -0.05) is 26.7 Å². The van der Waals surface area contributed by atoms with Crippen LogP contribution in [-0.4, -0.2) is 25.5 Å². The van der Waals surface area contributed by atoms with Gasteiger partial charge >= 0.3 is 0 Å². The maximum Gasteiger partial charge on any atom is 0.223 e. The molecule has 0 radical (unpaired) electrons. The Labute approximate surface area is 105 Å². The van der Waals surface area contributed by atoms with Gasteiger partial charge in [-0.15, -0.1) is 12.4 Å². The van der Waals surface area contributed by atoms with Crippen molar-refractivity contribution in [2.45, 2.75) is 39.5 Å². The second kappa shape index (κ2) is 8.82. The number of amides is 1. The van der Waals surface area contributed by atoms with E-state index in [1.54, 1.807) is 0 Å². The summed E-state index contributed by atoms with van der Waals surface area (Å²) in [5.74, 6) is 1.17. The molecular weight excluding hydrogens is 224 g/mol. The number of rotatable bonds is 5. The van der Waals surface area contributed by atoms with Crippen LogP contribution in [0.25, 0.3) is 0 Å². The van der Waals surface area contributed by atoms with Crippen molar-refractivity contribution in [1.82, 2.24) is 10.6 Å². The first kappa shape index (κ1) is 15.7. The lowest BCUT2D eigenvalue weighted by molar-refractivity contribution is -0.125. The Morgan fingerprint density at radius 3 is 2.38 bits per heavy atom. The Kier molecular flexibility index (Phi) is 8.67. The van der Waals surface area contributed by atoms with Gasteiger partial charge in [0, 0.05) is 12.5 Å². The largest absolute Gasteiger partial charge is 0.356 e. The first-order chi connectivity index (χ1) is 7.27. The lowest BCUT2D eigenvalue weighted by Gasteiger charge is -2.23. The zero-order chi connectivity index (χ0) is 11.1. The summed E-state index contributed by atoms with van der Waals surface area (Å²) in [6.07, 6.45) is 4.30. The van der Waals surface area contributed by atoms with Gasteiger partial charge in [0.1, 0.15) is 0 Å². The quantitative estimate of drug-likeness (QED) is 0.781. The summed E-state index contributed by atoms with van der Waals surface area (Å²) >= 11 is 0. The summed E-state index contributed by atoms with van der Waals surface area (Å²) in [6.45, 7) is 7.21. The molecule has 0 unspecified atom stereocenters. The Hall–Kier alpha value is -0.280. The number of hydrogen-bond acceptors (Lipinski definition) is 2. The van der Waals surface area contributed by atoms with Gasteiger partial charge in [0.25, 0.3) is 0 Å². The molecule has 1 rings (SSSR count). The first-order valence-electron chi connectivity index (χ1n) is 6.26. The van der Waals surface area contributed by atoms with Crippen molar-refractivity contribution in [3.05, 3.63) is 0 Å². The number of carbonyl (C=O) groups is 1. The molecule has 0 saturated carbocycles. The van der Waals surface area contributed by atoms with Crippen molar-refractivity contribution in [3.8, 4) is 0 Å². The molecule has 3 nitrogen and oxygen atoms in total. The van der Waals surface area contributed by atoms with Crippen molar-refractivity contribution in [2.24, 2.45) is 11.8 Å². The van der Waals surface area contributed by atoms with Gasteiger partial charge in [0.15, 0.2) is 0 Å². The SMILES string of the molecule is CCC(CC)CNC(=O)C1CCNCC1.Cl. The molecule has 96 valence electrons. The summed E-state index contributed by atoms with van der Waals surface area (Å²) in [5.41, 5.74) is 0. The fraction of sp³-hybridized carbons (Fsp3) is 0.917. The van der Waals surface area contributed by atoms with E-state index in [9.17, 15) is 4.79 Å². The van der Waals surface area contributed by atoms with Crippen LogP contribution in [-0.2, 0) is 4.79 Å². The average Bonchev–Trinajstić information content (AvgIpc) is 2.31. The van der Waals surface area contributed by atoms with E-state index in [0.717, 1.165) is 45.3 Å². The van der Waals surface area contributed by atoms with Crippen LogP contribution >= 0.6 is 12.4 Å². The molecule has 1 saturated heterocycles. The zero-order valence-corrected chi connectivity index (χ0v) is 11.2. The second-order valence-corrected chi connectivity index (χ2v) is 4.45. The third-order valence-corrected chi connectivity index (χ3v) is 3.43. The van der Waals surface area contributed by atoms with E-state index in [1.165, 1.54) is 0 Å². The summed E-state index contributed by atoms with van der Waals surface area (Å²) in [5, 5.41) is 6.36. The van der Waals surface area contributed by atoms with Crippen molar-refractivity contribution in [3.63, 3.8) is 0 Å².